The van der Waals surface area contributed by atoms with Gasteiger partial charge in [0.05, 0.1) is 17.6 Å². The van der Waals surface area contributed by atoms with E-state index in [-0.39, 0.29) is 0 Å². The van der Waals surface area contributed by atoms with E-state index in [9.17, 15) is 0 Å². The lowest BCUT2D eigenvalue weighted by Gasteiger charge is -2.18. The molecule has 0 bridgehead atoms. The van der Waals surface area contributed by atoms with Gasteiger partial charge in [-0.1, -0.05) is 13.8 Å². The van der Waals surface area contributed by atoms with Crippen molar-refractivity contribution in [1.82, 2.24) is 4.98 Å². The van der Waals surface area contributed by atoms with Gasteiger partial charge in [-0.05, 0) is 17.9 Å². The molecule has 3 heteroatoms. The van der Waals surface area contributed by atoms with Crippen molar-refractivity contribution in [3.63, 3.8) is 0 Å². The van der Waals surface area contributed by atoms with Crippen LogP contribution in [-0.2, 0) is 0 Å². The largest absolute Gasteiger partial charge is 0.383 e. The zero-order valence-electron chi connectivity index (χ0n) is 8.75. The highest BCUT2D eigenvalue weighted by atomic mass is 15.0. The Bertz CT molecular complexity index is 282. The van der Waals surface area contributed by atoms with E-state index >= 15 is 0 Å². The summed E-state index contributed by atoms with van der Waals surface area (Å²) in [4.78, 5) is 4.11. The maximum atomic E-state index is 4.11. The molecule has 76 valence electrons. The van der Waals surface area contributed by atoms with Gasteiger partial charge in [0.1, 0.15) is 0 Å². The van der Waals surface area contributed by atoms with Crippen LogP contribution in [0.25, 0.3) is 0 Å². The third-order valence-corrected chi connectivity index (χ3v) is 2.87. The maximum Gasteiger partial charge on any atom is 0.0762 e. The second-order valence-corrected chi connectivity index (χ2v) is 4.19. The first-order valence-corrected chi connectivity index (χ1v) is 5.19. The van der Waals surface area contributed by atoms with Gasteiger partial charge in [0, 0.05) is 19.3 Å². The molecular weight excluding hydrogens is 174 g/mol. The number of fused-ring (bicyclic) bond motifs is 1. The van der Waals surface area contributed by atoms with E-state index in [0.717, 1.165) is 18.8 Å². The summed E-state index contributed by atoms with van der Waals surface area (Å²) in [6.45, 7) is 6.61. The van der Waals surface area contributed by atoms with E-state index in [2.05, 4.69) is 29.5 Å². The molecule has 0 saturated carbocycles. The van der Waals surface area contributed by atoms with Gasteiger partial charge >= 0.3 is 0 Å². The summed E-state index contributed by atoms with van der Waals surface area (Å²) in [6.07, 6.45) is 3.70. The molecule has 14 heavy (non-hydrogen) atoms. The Morgan fingerprint density at radius 3 is 2.71 bits per heavy atom. The first kappa shape index (κ1) is 9.31. The van der Waals surface area contributed by atoms with Crippen molar-refractivity contribution < 1.29 is 0 Å². The van der Waals surface area contributed by atoms with E-state index in [1.165, 1.54) is 5.69 Å². The number of pyridine rings is 1. The number of nitrogens with one attached hydrogen (secondary N) is 2. The molecule has 1 atom stereocenters. The Morgan fingerprint density at radius 2 is 2.00 bits per heavy atom. The minimum absolute atomic E-state index is 0.683. The normalized spacial score (nSPS) is 20.6. The van der Waals surface area contributed by atoms with Gasteiger partial charge in [0.25, 0.3) is 0 Å². The highest BCUT2D eigenvalue weighted by molar-refractivity contribution is 5.67. The van der Waals surface area contributed by atoms with Crippen LogP contribution in [0.3, 0.4) is 0 Å². The van der Waals surface area contributed by atoms with Crippen LogP contribution in [0.1, 0.15) is 13.8 Å². The fourth-order valence-electron chi connectivity index (χ4n) is 1.72. The molecule has 1 aliphatic heterocycles. The fraction of sp³-hybridized carbons (Fsp3) is 0.545. The summed E-state index contributed by atoms with van der Waals surface area (Å²) in [6, 6.07) is 2.02. The highest BCUT2D eigenvalue weighted by Gasteiger charge is 2.17. The predicted octanol–water partition coefficient (Wildman–Crippen LogP) is 2.19. The third-order valence-electron chi connectivity index (χ3n) is 2.87. The Kier molecular flexibility index (Phi) is 2.57. The molecule has 0 amide bonds. The summed E-state index contributed by atoms with van der Waals surface area (Å²) in [5.74, 6) is 1.39. The molecule has 2 N–H and O–H groups in total. The molecule has 0 radical (unpaired) electrons. The van der Waals surface area contributed by atoms with Crippen LogP contribution >= 0.6 is 0 Å². The molecule has 2 rings (SSSR count). The molecule has 0 aliphatic carbocycles. The van der Waals surface area contributed by atoms with E-state index < -0.39 is 0 Å². The van der Waals surface area contributed by atoms with E-state index in [1.807, 2.05) is 18.5 Å². The zero-order chi connectivity index (χ0) is 9.97. The van der Waals surface area contributed by atoms with Gasteiger partial charge in [0.15, 0.2) is 0 Å². The van der Waals surface area contributed by atoms with Gasteiger partial charge in [0.2, 0.25) is 0 Å². The van der Waals surface area contributed by atoms with Crippen LogP contribution in [0.15, 0.2) is 18.5 Å². The van der Waals surface area contributed by atoms with Crippen molar-refractivity contribution in [2.75, 3.05) is 23.7 Å². The predicted molar refractivity (Wildman–Crippen MR) is 59.5 cm³/mol. The average Bonchev–Trinajstić information content (AvgIpc) is 2.39. The van der Waals surface area contributed by atoms with Crippen molar-refractivity contribution in [2.24, 2.45) is 11.8 Å². The van der Waals surface area contributed by atoms with Gasteiger partial charge in [-0.15, -0.1) is 0 Å². The minimum Gasteiger partial charge on any atom is -0.383 e. The van der Waals surface area contributed by atoms with Crippen LogP contribution in [0.4, 0.5) is 11.4 Å². The van der Waals surface area contributed by atoms with Crippen LogP contribution in [0, 0.1) is 11.8 Å². The summed E-state index contributed by atoms with van der Waals surface area (Å²) >= 11 is 0. The summed E-state index contributed by atoms with van der Waals surface area (Å²) in [5.41, 5.74) is 2.29. The van der Waals surface area contributed by atoms with Gasteiger partial charge in [-0.3, -0.25) is 4.98 Å². The Morgan fingerprint density at radius 1 is 1.29 bits per heavy atom. The number of rotatable bonds is 1. The number of hydrogen-bond acceptors (Lipinski definition) is 3. The third kappa shape index (κ3) is 1.81. The number of hydrogen-bond donors (Lipinski definition) is 2. The molecule has 0 saturated heterocycles. The van der Waals surface area contributed by atoms with Gasteiger partial charge in [-0.25, -0.2) is 0 Å². The molecule has 0 spiro atoms. The Hall–Kier alpha value is -1.25. The van der Waals surface area contributed by atoms with Crippen molar-refractivity contribution in [3.8, 4) is 0 Å². The lowest BCUT2D eigenvalue weighted by molar-refractivity contribution is 0.426. The SMILES string of the molecule is CC(C)C1CNc2ccncc2NC1. The molecule has 2 heterocycles. The summed E-state index contributed by atoms with van der Waals surface area (Å²) < 4.78 is 0. The smallest absolute Gasteiger partial charge is 0.0762 e. The standard InChI is InChI=1S/C11H17N3/c1-8(2)9-5-13-10-3-4-12-7-11(10)14-6-9/h3-4,7-9,13-14H,5-6H2,1-2H3. The van der Waals surface area contributed by atoms with Crippen LogP contribution in [0.5, 0.6) is 0 Å². The first-order valence-electron chi connectivity index (χ1n) is 5.19. The molecule has 1 aliphatic rings. The molecule has 1 aromatic rings. The van der Waals surface area contributed by atoms with E-state index in [1.54, 1.807) is 0 Å². The Labute approximate surface area is 84.9 Å². The van der Waals surface area contributed by atoms with Crippen LogP contribution < -0.4 is 10.6 Å². The molecular formula is C11H17N3. The second kappa shape index (κ2) is 3.86. The molecule has 3 nitrogen and oxygen atoms in total. The van der Waals surface area contributed by atoms with Gasteiger partial charge in [-0.2, -0.15) is 0 Å². The van der Waals surface area contributed by atoms with Crippen LogP contribution in [0.2, 0.25) is 0 Å². The zero-order valence-corrected chi connectivity index (χ0v) is 8.75. The molecule has 1 aromatic heterocycles. The van der Waals surface area contributed by atoms with Crippen LogP contribution in [-0.4, -0.2) is 18.1 Å². The topological polar surface area (TPSA) is 37.0 Å². The number of anilines is 2. The number of aromatic nitrogens is 1. The first-order chi connectivity index (χ1) is 6.77. The lowest BCUT2D eigenvalue weighted by atomic mass is 9.96. The average molecular weight is 191 g/mol. The minimum atomic E-state index is 0.683. The van der Waals surface area contributed by atoms with Crippen molar-refractivity contribution in [2.45, 2.75) is 13.8 Å². The lowest BCUT2D eigenvalue weighted by Crippen LogP contribution is -2.23. The molecule has 0 aromatic carbocycles. The molecule has 0 fully saturated rings. The highest BCUT2D eigenvalue weighted by Crippen LogP contribution is 2.25. The van der Waals surface area contributed by atoms with Crippen molar-refractivity contribution in [1.29, 1.82) is 0 Å². The van der Waals surface area contributed by atoms with Crippen molar-refractivity contribution in [3.05, 3.63) is 18.5 Å². The quantitative estimate of drug-likeness (QED) is 0.714. The summed E-state index contributed by atoms with van der Waals surface area (Å²) in [5, 5.41) is 6.89. The monoisotopic (exact) mass is 191 g/mol. The van der Waals surface area contributed by atoms with Gasteiger partial charge < -0.3 is 10.6 Å². The number of nitrogens with zero attached hydrogens (tertiary/aromatic N) is 1. The van der Waals surface area contributed by atoms with E-state index in [0.29, 0.717) is 11.8 Å². The molecule has 1 unspecified atom stereocenters. The fourth-order valence-corrected chi connectivity index (χ4v) is 1.72. The summed E-state index contributed by atoms with van der Waals surface area (Å²) in [7, 11) is 0. The maximum absolute atomic E-state index is 4.11. The Balaban J connectivity index is 2.14. The van der Waals surface area contributed by atoms with E-state index in [4.69, 9.17) is 0 Å². The van der Waals surface area contributed by atoms with Crippen molar-refractivity contribution >= 4 is 11.4 Å². The second-order valence-electron chi connectivity index (χ2n) is 4.19.